The summed E-state index contributed by atoms with van der Waals surface area (Å²) in [5.74, 6) is -0.488. The lowest BCUT2D eigenvalue weighted by Gasteiger charge is -2.28. The number of nitrogens with one attached hydrogen (secondary N) is 1. The van der Waals surface area contributed by atoms with Gasteiger partial charge >= 0.3 is 12.0 Å². The van der Waals surface area contributed by atoms with Gasteiger partial charge in [0.15, 0.2) is 0 Å². The number of amides is 2. The van der Waals surface area contributed by atoms with Gasteiger partial charge in [0, 0.05) is 31.9 Å². The molecule has 0 radical (unpaired) electrons. The first kappa shape index (κ1) is 15.4. The van der Waals surface area contributed by atoms with Crippen molar-refractivity contribution in [2.45, 2.75) is 18.3 Å². The van der Waals surface area contributed by atoms with Crippen molar-refractivity contribution in [1.82, 2.24) is 15.1 Å². The highest BCUT2D eigenvalue weighted by atomic mass is 32.2. The fourth-order valence-electron chi connectivity index (χ4n) is 2.38. The molecule has 2 saturated heterocycles. The Kier molecular flexibility index (Phi) is 5.50. The molecule has 0 aromatic carbocycles. The van der Waals surface area contributed by atoms with E-state index < -0.39 is 12.0 Å². The molecule has 114 valence electrons. The average Bonchev–Trinajstić information content (AvgIpc) is 2.82. The van der Waals surface area contributed by atoms with Gasteiger partial charge in [-0.2, -0.15) is 0 Å². The van der Waals surface area contributed by atoms with Gasteiger partial charge in [-0.15, -0.1) is 11.8 Å². The van der Waals surface area contributed by atoms with Crippen LogP contribution < -0.4 is 5.32 Å². The van der Waals surface area contributed by atoms with E-state index in [1.54, 1.807) is 0 Å². The molecule has 0 aromatic heterocycles. The molecule has 0 spiro atoms. The lowest BCUT2D eigenvalue weighted by atomic mass is 10.3. The summed E-state index contributed by atoms with van der Waals surface area (Å²) in [4.78, 5) is 26.9. The second-order valence-electron chi connectivity index (χ2n) is 4.88. The van der Waals surface area contributed by atoms with Gasteiger partial charge in [0.25, 0.3) is 0 Å². The predicted molar refractivity (Wildman–Crippen MR) is 75.8 cm³/mol. The number of ether oxygens (including phenoxy) is 1. The Labute approximate surface area is 122 Å². The molecule has 2 rings (SSSR count). The highest BCUT2D eigenvalue weighted by Gasteiger charge is 2.39. The Morgan fingerprint density at radius 1 is 1.40 bits per heavy atom. The van der Waals surface area contributed by atoms with Crippen molar-refractivity contribution in [1.29, 1.82) is 0 Å². The summed E-state index contributed by atoms with van der Waals surface area (Å²) < 4.78 is 5.26. The second kappa shape index (κ2) is 7.14. The quantitative estimate of drug-likeness (QED) is 0.753. The topological polar surface area (TPSA) is 82.1 Å². The Hall–Kier alpha value is -0.990. The average molecular weight is 303 g/mol. The minimum atomic E-state index is -0.940. The lowest BCUT2D eigenvalue weighted by Crippen LogP contribution is -2.51. The zero-order valence-electron chi connectivity index (χ0n) is 11.6. The third-order valence-electron chi connectivity index (χ3n) is 3.55. The summed E-state index contributed by atoms with van der Waals surface area (Å²) in [5.41, 5.74) is 0. The maximum atomic E-state index is 12.1. The number of rotatable bonds is 4. The summed E-state index contributed by atoms with van der Waals surface area (Å²) in [5, 5.41) is 11.8. The number of thioether (sulfide) groups is 1. The Morgan fingerprint density at radius 2 is 2.10 bits per heavy atom. The molecule has 2 aliphatic heterocycles. The number of carboxylic acid groups (broad SMARTS) is 1. The van der Waals surface area contributed by atoms with Crippen LogP contribution in [0.2, 0.25) is 0 Å². The van der Waals surface area contributed by atoms with E-state index in [9.17, 15) is 9.59 Å². The zero-order chi connectivity index (χ0) is 14.5. The minimum absolute atomic E-state index is 0.0977. The monoisotopic (exact) mass is 303 g/mol. The number of carbonyl (C=O) groups is 2. The van der Waals surface area contributed by atoms with E-state index in [0.717, 1.165) is 32.8 Å². The summed E-state index contributed by atoms with van der Waals surface area (Å²) >= 11 is 1.49. The van der Waals surface area contributed by atoms with Crippen molar-refractivity contribution in [3.05, 3.63) is 0 Å². The van der Waals surface area contributed by atoms with E-state index in [2.05, 4.69) is 10.2 Å². The lowest BCUT2D eigenvalue weighted by molar-refractivity contribution is -0.141. The molecule has 0 bridgehead atoms. The molecule has 2 heterocycles. The molecule has 2 atom stereocenters. The fraction of sp³-hybridized carbons (Fsp3) is 0.833. The molecule has 20 heavy (non-hydrogen) atoms. The van der Waals surface area contributed by atoms with Crippen LogP contribution in [0.25, 0.3) is 0 Å². The van der Waals surface area contributed by atoms with Crippen molar-refractivity contribution in [2.75, 3.05) is 45.1 Å². The maximum Gasteiger partial charge on any atom is 0.327 e. The normalized spacial score (nSPS) is 27.6. The summed E-state index contributed by atoms with van der Waals surface area (Å²) in [6.07, 6.45) is 0. The van der Waals surface area contributed by atoms with Gasteiger partial charge in [0.1, 0.15) is 6.04 Å². The van der Waals surface area contributed by atoms with Crippen LogP contribution in [0.1, 0.15) is 6.92 Å². The van der Waals surface area contributed by atoms with Crippen LogP contribution in [0.4, 0.5) is 4.79 Å². The summed E-state index contributed by atoms with van der Waals surface area (Å²) in [6.45, 7) is 6.37. The van der Waals surface area contributed by atoms with E-state index in [0.29, 0.717) is 12.3 Å². The van der Waals surface area contributed by atoms with Gasteiger partial charge in [0.05, 0.1) is 18.6 Å². The van der Waals surface area contributed by atoms with Gasteiger partial charge < -0.3 is 15.2 Å². The molecule has 8 heteroatoms. The van der Waals surface area contributed by atoms with Gasteiger partial charge in [-0.25, -0.2) is 9.59 Å². The summed E-state index contributed by atoms with van der Waals surface area (Å²) in [7, 11) is 0. The van der Waals surface area contributed by atoms with Gasteiger partial charge in [0.2, 0.25) is 0 Å². The van der Waals surface area contributed by atoms with E-state index in [4.69, 9.17) is 9.84 Å². The SMILES string of the molecule is CC1SCC(C(=O)O)N1C(=O)NCCN1CCOCC1. The smallest absolute Gasteiger partial charge is 0.327 e. The molecule has 2 aliphatic rings. The largest absolute Gasteiger partial charge is 0.480 e. The van der Waals surface area contributed by atoms with Crippen LogP contribution in [0.3, 0.4) is 0 Å². The van der Waals surface area contributed by atoms with Crippen molar-refractivity contribution in [3.63, 3.8) is 0 Å². The summed E-state index contributed by atoms with van der Waals surface area (Å²) in [6, 6.07) is -1.01. The van der Waals surface area contributed by atoms with Crippen LogP contribution in [0, 0.1) is 0 Å². The number of morpholine rings is 1. The number of nitrogens with zero attached hydrogens (tertiary/aromatic N) is 2. The first-order valence-electron chi connectivity index (χ1n) is 6.80. The number of carboxylic acids is 1. The van der Waals surface area contributed by atoms with E-state index >= 15 is 0 Å². The van der Waals surface area contributed by atoms with Crippen molar-refractivity contribution < 1.29 is 19.4 Å². The van der Waals surface area contributed by atoms with Crippen LogP contribution in [0.5, 0.6) is 0 Å². The fourth-order valence-corrected chi connectivity index (χ4v) is 3.55. The van der Waals surface area contributed by atoms with Gasteiger partial charge in [-0.1, -0.05) is 0 Å². The third-order valence-corrected chi connectivity index (χ3v) is 4.77. The molecule has 2 N–H and O–H groups in total. The molecular formula is C12H21N3O4S. The minimum Gasteiger partial charge on any atom is -0.480 e. The Balaban J connectivity index is 1.76. The highest BCUT2D eigenvalue weighted by Crippen LogP contribution is 2.28. The first-order valence-corrected chi connectivity index (χ1v) is 7.85. The van der Waals surface area contributed by atoms with Crippen molar-refractivity contribution >= 4 is 23.8 Å². The van der Waals surface area contributed by atoms with Crippen molar-refractivity contribution in [3.8, 4) is 0 Å². The molecule has 0 aliphatic carbocycles. The van der Waals surface area contributed by atoms with Crippen LogP contribution in [-0.4, -0.2) is 83.5 Å². The van der Waals surface area contributed by atoms with Crippen LogP contribution >= 0.6 is 11.8 Å². The first-order chi connectivity index (χ1) is 9.59. The predicted octanol–water partition coefficient (Wildman–Crippen LogP) is -0.124. The molecule has 0 saturated carbocycles. The molecule has 2 unspecified atom stereocenters. The molecule has 0 aromatic rings. The maximum absolute atomic E-state index is 12.1. The van der Waals surface area contributed by atoms with Gasteiger partial charge in [-0.3, -0.25) is 9.80 Å². The number of urea groups is 1. The number of aliphatic carboxylic acids is 1. The molecule has 2 fully saturated rings. The standard InChI is InChI=1S/C12H21N3O4S/c1-9-15(10(8-20-9)11(16)17)12(18)13-2-3-14-4-6-19-7-5-14/h9-10H,2-8H2,1H3,(H,13,18)(H,16,17). The van der Waals surface area contributed by atoms with E-state index in [-0.39, 0.29) is 11.4 Å². The Morgan fingerprint density at radius 3 is 2.75 bits per heavy atom. The van der Waals surface area contributed by atoms with E-state index in [1.807, 2.05) is 6.92 Å². The molecule has 2 amide bonds. The number of hydrogen-bond acceptors (Lipinski definition) is 5. The van der Waals surface area contributed by atoms with Crippen LogP contribution in [0.15, 0.2) is 0 Å². The van der Waals surface area contributed by atoms with Gasteiger partial charge in [-0.05, 0) is 6.92 Å². The highest BCUT2D eigenvalue weighted by molar-refractivity contribution is 8.00. The van der Waals surface area contributed by atoms with Crippen molar-refractivity contribution in [2.24, 2.45) is 0 Å². The van der Waals surface area contributed by atoms with Crippen LogP contribution in [-0.2, 0) is 9.53 Å². The molecular weight excluding hydrogens is 282 g/mol. The second-order valence-corrected chi connectivity index (χ2v) is 6.23. The molecule has 7 nitrogen and oxygen atoms in total. The van der Waals surface area contributed by atoms with E-state index in [1.165, 1.54) is 16.7 Å². The number of hydrogen-bond donors (Lipinski definition) is 2. The zero-order valence-corrected chi connectivity index (χ0v) is 12.4. The Bertz CT molecular complexity index is 363. The third kappa shape index (κ3) is 3.77. The number of carbonyl (C=O) groups excluding carboxylic acids is 1.